The molecule has 1 heterocycles. The molecule has 1 fully saturated rings. The first-order chi connectivity index (χ1) is 9.30. The molecule has 110 valence electrons. The van der Waals surface area contributed by atoms with E-state index in [2.05, 4.69) is 52.9 Å². The minimum Gasteiger partial charge on any atom is -0.368 e. The SMILES string of the molecule is Cc1cccc(N2CCN(C(=O)C(C)(C)Br)CC2)c1C. The number of alkyl halides is 1. The molecule has 2 rings (SSSR count). The Balaban J connectivity index is 2.05. The fourth-order valence-corrected chi connectivity index (χ4v) is 2.86. The van der Waals surface area contributed by atoms with Crippen molar-refractivity contribution in [2.45, 2.75) is 32.0 Å². The Morgan fingerprint density at radius 2 is 1.75 bits per heavy atom. The lowest BCUT2D eigenvalue weighted by molar-refractivity contribution is -0.133. The number of aryl methyl sites for hydroxylation is 1. The van der Waals surface area contributed by atoms with Crippen molar-refractivity contribution in [2.24, 2.45) is 0 Å². The van der Waals surface area contributed by atoms with Gasteiger partial charge in [-0.3, -0.25) is 4.79 Å². The number of hydrogen-bond acceptors (Lipinski definition) is 2. The van der Waals surface area contributed by atoms with Crippen LogP contribution in [0.5, 0.6) is 0 Å². The molecule has 0 radical (unpaired) electrons. The highest BCUT2D eigenvalue weighted by Gasteiger charge is 2.31. The second kappa shape index (κ2) is 5.76. The Morgan fingerprint density at radius 1 is 1.15 bits per heavy atom. The second-order valence-corrected chi connectivity index (χ2v) is 7.95. The number of carbonyl (C=O) groups excluding carboxylic acids is 1. The van der Waals surface area contributed by atoms with Gasteiger partial charge in [0.25, 0.3) is 0 Å². The minimum absolute atomic E-state index is 0.179. The molecule has 0 atom stereocenters. The van der Waals surface area contributed by atoms with Gasteiger partial charge in [-0.1, -0.05) is 28.1 Å². The maximum absolute atomic E-state index is 12.2. The molecule has 0 aromatic heterocycles. The topological polar surface area (TPSA) is 23.6 Å². The Bertz CT molecular complexity index is 500. The van der Waals surface area contributed by atoms with Gasteiger partial charge in [0.2, 0.25) is 5.91 Å². The molecule has 1 aromatic rings. The van der Waals surface area contributed by atoms with Crippen LogP contribution in [0.15, 0.2) is 18.2 Å². The Kier molecular flexibility index (Phi) is 4.43. The molecule has 20 heavy (non-hydrogen) atoms. The van der Waals surface area contributed by atoms with Gasteiger partial charge in [0, 0.05) is 31.9 Å². The number of benzene rings is 1. The van der Waals surface area contributed by atoms with E-state index in [0.717, 1.165) is 26.2 Å². The van der Waals surface area contributed by atoms with E-state index in [0.29, 0.717) is 0 Å². The van der Waals surface area contributed by atoms with Crippen molar-refractivity contribution >= 4 is 27.5 Å². The van der Waals surface area contributed by atoms with Gasteiger partial charge in [0.15, 0.2) is 0 Å². The minimum atomic E-state index is -0.464. The highest BCUT2D eigenvalue weighted by Crippen LogP contribution is 2.25. The van der Waals surface area contributed by atoms with Crippen molar-refractivity contribution < 1.29 is 4.79 Å². The summed E-state index contributed by atoms with van der Waals surface area (Å²) in [5.74, 6) is 0.179. The lowest BCUT2D eigenvalue weighted by Crippen LogP contribution is -2.52. The molecular weight excluding hydrogens is 316 g/mol. The summed E-state index contributed by atoms with van der Waals surface area (Å²) >= 11 is 3.46. The third-order valence-corrected chi connectivity index (χ3v) is 4.33. The van der Waals surface area contributed by atoms with Crippen LogP contribution < -0.4 is 4.90 Å². The summed E-state index contributed by atoms with van der Waals surface area (Å²) in [5, 5.41) is 0. The van der Waals surface area contributed by atoms with E-state index in [4.69, 9.17) is 0 Å². The first-order valence-corrected chi connectivity index (χ1v) is 7.89. The van der Waals surface area contributed by atoms with E-state index in [1.807, 2.05) is 18.7 Å². The summed E-state index contributed by atoms with van der Waals surface area (Å²) in [4.78, 5) is 16.6. The largest absolute Gasteiger partial charge is 0.368 e. The van der Waals surface area contributed by atoms with Crippen molar-refractivity contribution in [2.75, 3.05) is 31.1 Å². The number of anilines is 1. The van der Waals surface area contributed by atoms with Crippen LogP contribution in [-0.4, -0.2) is 41.3 Å². The molecule has 1 saturated heterocycles. The third-order valence-electron chi connectivity index (χ3n) is 3.99. The first kappa shape index (κ1) is 15.4. The summed E-state index contributed by atoms with van der Waals surface area (Å²) in [6, 6.07) is 6.43. The summed E-state index contributed by atoms with van der Waals surface area (Å²) in [5.41, 5.74) is 3.96. The molecule has 4 heteroatoms. The Hall–Kier alpha value is -1.03. The Labute approximate surface area is 130 Å². The number of rotatable bonds is 2. The number of halogens is 1. The standard InChI is InChI=1S/C16H23BrN2O/c1-12-6-5-7-14(13(12)2)18-8-10-19(11-9-18)15(20)16(3,4)17/h5-7H,8-11H2,1-4H3. The second-order valence-electron chi connectivity index (χ2n) is 5.97. The monoisotopic (exact) mass is 338 g/mol. The first-order valence-electron chi connectivity index (χ1n) is 7.10. The zero-order chi connectivity index (χ0) is 14.9. The van der Waals surface area contributed by atoms with Crippen molar-refractivity contribution in [3.63, 3.8) is 0 Å². The van der Waals surface area contributed by atoms with Crippen LogP contribution in [0.2, 0.25) is 0 Å². The van der Waals surface area contributed by atoms with Gasteiger partial charge in [-0.25, -0.2) is 0 Å². The molecule has 1 aromatic carbocycles. The summed E-state index contributed by atoms with van der Waals surface area (Å²) in [6.45, 7) is 11.5. The van der Waals surface area contributed by atoms with Gasteiger partial charge < -0.3 is 9.80 Å². The van der Waals surface area contributed by atoms with Gasteiger partial charge >= 0.3 is 0 Å². The number of nitrogens with zero attached hydrogens (tertiary/aromatic N) is 2. The van der Waals surface area contributed by atoms with E-state index in [1.54, 1.807) is 0 Å². The molecule has 0 N–H and O–H groups in total. The number of piperazine rings is 1. The lowest BCUT2D eigenvalue weighted by atomic mass is 10.1. The van der Waals surface area contributed by atoms with Gasteiger partial charge in [0.1, 0.15) is 0 Å². The van der Waals surface area contributed by atoms with Crippen LogP contribution in [-0.2, 0) is 4.79 Å². The zero-order valence-electron chi connectivity index (χ0n) is 12.7. The molecule has 1 amide bonds. The molecule has 0 spiro atoms. The predicted octanol–water partition coefficient (Wildman–Crippen LogP) is 3.13. The average molecular weight is 339 g/mol. The number of hydrogen-bond donors (Lipinski definition) is 0. The molecule has 1 aliphatic rings. The van der Waals surface area contributed by atoms with Crippen LogP contribution in [0.4, 0.5) is 5.69 Å². The quantitative estimate of drug-likeness (QED) is 0.773. The van der Waals surface area contributed by atoms with E-state index in [1.165, 1.54) is 16.8 Å². The zero-order valence-corrected chi connectivity index (χ0v) is 14.3. The highest BCUT2D eigenvalue weighted by atomic mass is 79.9. The molecular formula is C16H23BrN2O. The van der Waals surface area contributed by atoms with Crippen molar-refractivity contribution in [3.8, 4) is 0 Å². The summed E-state index contributed by atoms with van der Waals surface area (Å²) in [6.07, 6.45) is 0. The molecule has 0 unspecified atom stereocenters. The smallest absolute Gasteiger partial charge is 0.239 e. The van der Waals surface area contributed by atoms with Crippen LogP contribution in [0, 0.1) is 13.8 Å². The van der Waals surface area contributed by atoms with Gasteiger partial charge in [-0.15, -0.1) is 0 Å². The normalized spacial score (nSPS) is 16.4. The maximum atomic E-state index is 12.2. The van der Waals surface area contributed by atoms with Gasteiger partial charge in [-0.05, 0) is 44.9 Å². The number of amides is 1. The lowest BCUT2D eigenvalue weighted by Gasteiger charge is -2.39. The molecule has 3 nitrogen and oxygen atoms in total. The van der Waals surface area contributed by atoms with Gasteiger partial charge in [0.05, 0.1) is 4.32 Å². The van der Waals surface area contributed by atoms with Crippen molar-refractivity contribution in [3.05, 3.63) is 29.3 Å². The highest BCUT2D eigenvalue weighted by molar-refractivity contribution is 9.10. The van der Waals surface area contributed by atoms with E-state index in [-0.39, 0.29) is 5.91 Å². The molecule has 0 saturated carbocycles. The van der Waals surface area contributed by atoms with Crippen molar-refractivity contribution in [1.29, 1.82) is 0 Å². The fraction of sp³-hybridized carbons (Fsp3) is 0.562. The van der Waals surface area contributed by atoms with Crippen LogP contribution in [0.25, 0.3) is 0 Å². The average Bonchev–Trinajstić information content (AvgIpc) is 2.40. The van der Waals surface area contributed by atoms with Crippen LogP contribution in [0.3, 0.4) is 0 Å². The Morgan fingerprint density at radius 3 is 2.30 bits per heavy atom. The summed E-state index contributed by atoms with van der Waals surface area (Å²) in [7, 11) is 0. The van der Waals surface area contributed by atoms with Crippen LogP contribution in [0.1, 0.15) is 25.0 Å². The van der Waals surface area contributed by atoms with E-state index >= 15 is 0 Å². The molecule has 1 aliphatic heterocycles. The number of carbonyl (C=O) groups is 1. The van der Waals surface area contributed by atoms with Crippen LogP contribution >= 0.6 is 15.9 Å². The van der Waals surface area contributed by atoms with E-state index in [9.17, 15) is 4.79 Å². The fourth-order valence-electron chi connectivity index (χ4n) is 2.60. The third kappa shape index (κ3) is 3.17. The maximum Gasteiger partial charge on any atom is 0.239 e. The molecule has 0 bridgehead atoms. The van der Waals surface area contributed by atoms with Gasteiger partial charge in [-0.2, -0.15) is 0 Å². The predicted molar refractivity (Wildman–Crippen MR) is 87.7 cm³/mol. The summed E-state index contributed by atoms with van der Waals surface area (Å²) < 4.78 is -0.464. The molecule has 0 aliphatic carbocycles. The van der Waals surface area contributed by atoms with Crippen molar-refractivity contribution in [1.82, 2.24) is 4.90 Å². The van der Waals surface area contributed by atoms with E-state index < -0.39 is 4.32 Å².